The molecular formula is C6H9F3N4O. The van der Waals surface area contributed by atoms with E-state index in [4.69, 9.17) is 10.6 Å². The van der Waals surface area contributed by atoms with Crippen molar-refractivity contribution in [3.63, 3.8) is 0 Å². The molecule has 0 aromatic rings. The molecular weight excluding hydrogens is 201 g/mol. The van der Waals surface area contributed by atoms with E-state index in [2.05, 4.69) is 10.0 Å². The van der Waals surface area contributed by atoms with E-state index in [9.17, 15) is 13.2 Å². The molecule has 0 amide bonds. The van der Waals surface area contributed by atoms with E-state index in [0.29, 0.717) is 0 Å². The number of nitrogens with zero attached hydrogens (tertiary/aromatic N) is 4. The summed E-state index contributed by atoms with van der Waals surface area (Å²) in [4.78, 5) is 3.84. The number of hydrogen-bond acceptors (Lipinski definition) is 3. The predicted molar refractivity (Wildman–Crippen MR) is 41.5 cm³/mol. The summed E-state index contributed by atoms with van der Waals surface area (Å²) in [5.74, 6) is 0. The van der Waals surface area contributed by atoms with Gasteiger partial charge in [0.1, 0.15) is 0 Å². The maximum Gasteiger partial charge on any atom is 0.419 e. The topological polar surface area (TPSA) is 72.2 Å². The van der Waals surface area contributed by atoms with Gasteiger partial charge in [0.2, 0.25) is 0 Å². The van der Waals surface area contributed by atoms with Gasteiger partial charge in [0, 0.05) is 31.1 Å². The van der Waals surface area contributed by atoms with Crippen LogP contribution in [-0.2, 0) is 0 Å². The van der Waals surface area contributed by atoms with Gasteiger partial charge in [-0.1, -0.05) is 5.11 Å². The molecule has 8 heteroatoms. The molecule has 0 unspecified atom stereocenters. The fourth-order valence-electron chi connectivity index (χ4n) is 1.26. The van der Waals surface area contributed by atoms with Crippen LogP contribution in [0.5, 0.6) is 0 Å². The minimum atomic E-state index is -4.58. The molecule has 1 aliphatic rings. The smallest absolute Gasteiger partial charge is 0.378 e. The Morgan fingerprint density at radius 3 is 2.50 bits per heavy atom. The van der Waals surface area contributed by atoms with Gasteiger partial charge in [-0.25, -0.2) is 0 Å². The number of likely N-dealkylation sites (tertiary alicyclic amines) is 1. The number of halogens is 3. The SMILES string of the molecule is [N-]=[N+]=NCCN1CC(O)(C(F)(F)F)C1. The third kappa shape index (κ3) is 2.09. The Bertz CT molecular complexity index is 254. The molecule has 0 bridgehead atoms. The van der Waals surface area contributed by atoms with Gasteiger partial charge in [-0.15, -0.1) is 0 Å². The fraction of sp³-hybridized carbons (Fsp3) is 1.00. The van der Waals surface area contributed by atoms with E-state index in [1.54, 1.807) is 0 Å². The van der Waals surface area contributed by atoms with Gasteiger partial charge in [-0.3, -0.25) is 4.90 Å². The lowest BCUT2D eigenvalue weighted by Gasteiger charge is -2.46. The van der Waals surface area contributed by atoms with Gasteiger partial charge in [-0.05, 0) is 5.53 Å². The molecule has 80 valence electrons. The zero-order chi connectivity index (χ0) is 10.8. The highest BCUT2D eigenvalue weighted by molar-refractivity contribution is 5.00. The van der Waals surface area contributed by atoms with Crippen molar-refractivity contribution in [2.75, 3.05) is 26.2 Å². The standard InChI is InChI=1S/C6H9F3N4O/c7-6(8,9)5(14)3-13(4-5)2-1-11-12-10/h14H,1-4H2. The Labute approximate surface area is 77.7 Å². The van der Waals surface area contributed by atoms with Crippen LogP contribution in [0.3, 0.4) is 0 Å². The second-order valence-electron chi connectivity index (χ2n) is 3.19. The van der Waals surface area contributed by atoms with Gasteiger partial charge in [0.05, 0.1) is 0 Å². The summed E-state index contributed by atoms with van der Waals surface area (Å²) in [5, 5.41) is 12.2. The average molecular weight is 210 g/mol. The monoisotopic (exact) mass is 210 g/mol. The van der Waals surface area contributed by atoms with E-state index in [1.807, 2.05) is 0 Å². The van der Waals surface area contributed by atoms with Crippen molar-refractivity contribution >= 4 is 0 Å². The Hall–Kier alpha value is -0.980. The number of β-amino-alcohol motifs (C(OH)–C–C–N with tert-alkyl or cyclic N) is 1. The van der Waals surface area contributed by atoms with Gasteiger partial charge in [0.15, 0.2) is 5.60 Å². The second-order valence-corrected chi connectivity index (χ2v) is 3.19. The van der Waals surface area contributed by atoms with Crippen molar-refractivity contribution in [1.82, 2.24) is 4.90 Å². The Kier molecular flexibility index (Phi) is 2.89. The summed E-state index contributed by atoms with van der Waals surface area (Å²) in [6, 6.07) is 0. The lowest BCUT2D eigenvalue weighted by molar-refractivity contribution is -0.301. The van der Waals surface area contributed by atoms with Crippen LogP contribution in [-0.4, -0.2) is 48.0 Å². The minimum Gasteiger partial charge on any atom is -0.378 e. The van der Waals surface area contributed by atoms with E-state index in [-0.39, 0.29) is 13.1 Å². The van der Waals surface area contributed by atoms with E-state index >= 15 is 0 Å². The molecule has 0 radical (unpaired) electrons. The first-order valence-electron chi connectivity index (χ1n) is 3.91. The number of hydrogen-bond donors (Lipinski definition) is 1. The van der Waals surface area contributed by atoms with Crippen LogP contribution in [0, 0.1) is 0 Å². The third-order valence-electron chi connectivity index (χ3n) is 2.08. The van der Waals surface area contributed by atoms with Crippen molar-refractivity contribution in [2.45, 2.75) is 11.8 Å². The van der Waals surface area contributed by atoms with Crippen molar-refractivity contribution < 1.29 is 18.3 Å². The molecule has 1 rings (SSSR count). The maximum absolute atomic E-state index is 12.1. The van der Waals surface area contributed by atoms with Crippen molar-refractivity contribution in [3.05, 3.63) is 10.4 Å². The minimum absolute atomic E-state index is 0.116. The zero-order valence-electron chi connectivity index (χ0n) is 7.20. The Morgan fingerprint density at radius 1 is 1.50 bits per heavy atom. The molecule has 0 aromatic carbocycles. The van der Waals surface area contributed by atoms with Gasteiger partial charge >= 0.3 is 6.18 Å². The Balaban J connectivity index is 2.32. The second kappa shape index (κ2) is 3.64. The van der Waals surface area contributed by atoms with Crippen LogP contribution in [0.1, 0.15) is 0 Å². The molecule has 1 N–H and O–H groups in total. The van der Waals surface area contributed by atoms with Gasteiger partial charge in [-0.2, -0.15) is 13.2 Å². The number of alkyl halides is 3. The first kappa shape index (κ1) is 11.1. The molecule has 1 fully saturated rings. The Morgan fingerprint density at radius 2 is 2.07 bits per heavy atom. The first-order chi connectivity index (χ1) is 6.39. The molecule has 5 nitrogen and oxygen atoms in total. The van der Waals surface area contributed by atoms with Crippen LogP contribution >= 0.6 is 0 Å². The van der Waals surface area contributed by atoms with Crippen LogP contribution in [0.4, 0.5) is 13.2 Å². The fourth-order valence-corrected chi connectivity index (χ4v) is 1.26. The number of rotatable bonds is 3. The molecule has 0 aromatic heterocycles. The third-order valence-corrected chi connectivity index (χ3v) is 2.08. The summed E-state index contributed by atoms with van der Waals surface area (Å²) < 4.78 is 36.3. The summed E-state index contributed by atoms with van der Waals surface area (Å²) in [6.45, 7) is -0.540. The van der Waals surface area contributed by atoms with E-state index in [1.165, 1.54) is 4.90 Å². The molecule has 0 aliphatic carbocycles. The highest BCUT2D eigenvalue weighted by Crippen LogP contribution is 2.37. The average Bonchev–Trinajstić information content (AvgIpc) is 1.99. The molecule has 0 spiro atoms. The van der Waals surface area contributed by atoms with Crippen LogP contribution < -0.4 is 0 Å². The summed E-state index contributed by atoms with van der Waals surface area (Å²) in [7, 11) is 0. The normalized spacial score (nSPS) is 21.1. The lowest BCUT2D eigenvalue weighted by Crippen LogP contribution is -2.69. The summed E-state index contributed by atoms with van der Waals surface area (Å²) in [5.41, 5.74) is 5.33. The maximum atomic E-state index is 12.1. The van der Waals surface area contributed by atoms with Crippen molar-refractivity contribution in [3.8, 4) is 0 Å². The molecule has 0 saturated carbocycles. The van der Waals surface area contributed by atoms with Crippen LogP contribution in [0.15, 0.2) is 5.11 Å². The number of azide groups is 1. The van der Waals surface area contributed by atoms with Gasteiger partial charge < -0.3 is 5.11 Å². The first-order valence-corrected chi connectivity index (χ1v) is 3.91. The number of aliphatic hydroxyl groups is 1. The quantitative estimate of drug-likeness (QED) is 0.427. The van der Waals surface area contributed by atoms with E-state index < -0.39 is 24.9 Å². The molecule has 14 heavy (non-hydrogen) atoms. The molecule has 1 heterocycles. The zero-order valence-corrected chi connectivity index (χ0v) is 7.20. The molecule has 1 aliphatic heterocycles. The highest BCUT2D eigenvalue weighted by atomic mass is 19.4. The predicted octanol–water partition coefficient (Wildman–Crippen LogP) is 0.906. The highest BCUT2D eigenvalue weighted by Gasteiger charge is 2.60. The lowest BCUT2D eigenvalue weighted by atomic mass is 9.94. The molecule has 0 atom stereocenters. The van der Waals surface area contributed by atoms with Crippen LogP contribution in [0.2, 0.25) is 0 Å². The van der Waals surface area contributed by atoms with Crippen molar-refractivity contribution in [1.29, 1.82) is 0 Å². The summed E-state index contributed by atoms with van der Waals surface area (Å²) >= 11 is 0. The largest absolute Gasteiger partial charge is 0.419 e. The molecule has 1 saturated heterocycles. The van der Waals surface area contributed by atoms with Crippen molar-refractivity contribution in [2.24, 2.45) is 5.11 Å². The summed E-state index contributed by atoms with van der Waals surface area (Å²) in [6.07, 6.45) is -4.58. The van der Waals surface area contributed by atoms with Crippen LogP contribution in [0.25, 0.3) is 10.4 Å². The van der Waals surface area contributed by atoms with E-state index in [0.717, 1.165) is 0 Å². The van der Waals surface area contributed by atoms with Gasteiger partial charge in [0.25, 0.3) is 0 Å².